The molecule has 1 aromatic rings. The van der Waals surface area contributed by atoms with Gasteiger partial charge in [-0.05, 0) is 70.0 Å². The van der Waals surface area contributed by atoms with Crippen LogP contribution in [0.2, 0.25) is 0 Å². The van der Waals surface area contributed by atoms with E-state index in [1.807, 2.05) is 51.3 Å². The SMILES string of the molecule is C#CC.C=C/C=C(\C=C/CN)CCNC.CC.CCCC=C(C)NCCc1ccc(N)cc1. The van der Waals surface area contributed by atoms with Gasteiger partial charge in [-0.25, -0.2) is 0 Å². The van der Waals surface area contributed by atoms with Crippen molar-refractivity contribution in [2.45, 2.75) is 60.3 Å². The number of terminal acetylenes is 1. The highest BCUT2D eigenvalue weighted by atomic mass is 14.9. The summed E-state index contributed by atoms with van der Waals surface area (Å²) in [6.45, 7) is 16.2. The van der Waals surface area contributed by atoms with E-state index in [-0.39, 0.29) is 0 Å². The Labute approximate surface area is 205 Å². The van der Waals surface area contributed by atoms with Crippen LogP contribution in [0.3, 0.4) is 0 Å². The van der Waals surface area contributed by atoms with Gasteiger partial charge in [-0.1, -0.05) is 76.3 Å². The number of unbranched alkanes of at least 4 members (excludes halogenated alkanes) is 1. The third-order valence-corrected chi connectivity index (χ3v) is 4.00. The van der Waals surface area contributed by atoms with Gasteiger partial charge < -0.3 is 22.1 Å². The minimum Gasteiger partial charge on any atom is -0.399 e. The molecular weight excluding hydrogens is 404 g/mol. The van der Waals surface area contributed by atoms with Crippen LogP contribution in [0, 0.1) is 12.3 Å². The molecule has 0 heterocycles. The van der Waals surface area contributed by atoms with Crippen molar-refractivity contribution in [1.29, 1.82) is 0 Å². The summed E-state index contributed by atoms with van der Waals surface area (Å²) in [5.74, 6) is 2.25. The number of allylic oxidation sites excluding steroid dienone is 5. The predicted octanol–water partition coefficient (Wildman–Crippen LogP) is 5.99. The molecule has 1 aromatic carbocycles. The summed E-state index contributed by atoms with van der Waals surface area (Å²) in [6, 6.07) is 8.08. The van der Waals surface area contributed by atoms with Gasteiger partial charge in [0.2, 0.25) is 0 Å². The molecule has 0 bridgehead atoms. The summed E-state index contributed by atoms with van der Waals surface area (Å²) in [5.41, 5.74) is 15.7. The van der Waals surface area contributed by atoms with Crippen molar-refractivity contribution in [3.05, 3.63) is 78.1 Å². The van der Waals surface area contributed by atoms with E-state index < -0.39 is 0 Å². The van der Waals surface area contributed by atoms with E-state index in [0.717, 1.165) is 38.0 Å². The van der Waals surface area contributed by atoms with Crippen LogP contribution in [0.15, 0.2) is 72.5 Å². The molecule has 0 radical (unpaired) electrons. The maximum absolute atomic E-state index is 5.63. The number of benzene rings is 1. The van der Waals surface area contributed by atoms with Crippen LogP contribution < -0.4 is 22.1 Å². The minimum atomic E-state index is 0.591. The van der Waals surface area contributed by atoms with Crippen LogP contribution in [-0.4, -0.2) is 26.7 Å². The first kappa shape index (κ1) is 34.9. The van der Waals surface area contributed by atoms with Gasteiger partial charge in [-0.15, -0.1) is 12.3 Å². The molecule has 6 N–H and O–H groups in total. The second-order valence-corrected chi connectivity index (χ2v) is 6.85. The van der Waals surface area contributed by atoms with Crippen LogP contribution in [0.25, 0.3) is 0 Å². The number of nitrogens with two attached hydrogens (primary N) is 2. The molecule has 0 saturated carbocycles. The van der Waals surface area contributed by atoms with Crippen molar-refractivity contribution in [1.82, 2.24) is 10.6 Å². The lowest BCUT2D eigenvalue weighted by Crippen LogP contribution is -2.14. The fraction of sp³-hybridized carbons (Fsp3) is 0.448. The van der Waals surface area contributed by atoms with Crippen LogP contribution in [0.5, 0.6) is 0 Å². The Morgan fingerprint density at radius 3 is 2.27 bits per heavy atom. The summed E-state index contributed by atoms with van der Waals surface area (Å²) in [6.07, 6.45) is 19.1. The molecule has 0 aliphatic rings. The first-order chi connectivity index (χ1) is 16.0. The van der Waals surface area contributed by atoms with E-state index in [4.69, 9.17) is 11.5 Å². The number of rotatable bonds is 12. The molecular formula is C29H50N4. The Kier molecular flexibility index (Phi) is 30.9. The quantitative estimate of drug-likeness (QED) is 0.178. The van der Waals surface area contributed by atoms with Gasteiger partial charge in [0, 0.05) is 24.5 Å². The molecule has 0 aliphatic carbocycles. The molecule has 186 valence electrons. The first-order valence-electron chi connectivity index (χ1n) is 11.9. The maximum Gasteiger partial charge on any atom is 0.0314 e. The topological polar surface area (TPSA) is 76.1 Å². The average Bonchev–Trinajstić information content (AvgIpc) is 2.83. The lowest BCUT2D eigenvalue weighted by Gasteiger charge is -2.06. The van der Waals surface area contributed by atoms with Crippen LogP contribution in [-0.2, 0) is 6.42 Å². The zero-order chi connectivity index (χ0) is 25.7. The molecule has 4 nitrogen and oxygen atoms in total. The zero-order valence-electron chi connectivity index (χ0n) is 22.1. The predicted molar refractivity (Wildman–Crippen MR) is 152 cm³/mol. The Bertz CT molecular complexity index is 677. The van der Waals surface area contributed by atoms with Crippen LogP contribution >= 0.6 is 0 Å². The van der Waals surface area contributed by atoms with Crippen LogP contribution in [0.4, 0.5) is 5.69 Å². The summed E-state index contributed by atoms with van der Waals surface area (Å²) in [7, 11) is 1.94. The minimum absolute atomic E-state index is 0.591. The monoisotopic (exact) mass is 454 g/mol. The van der Waals surface area contributed by atoms with E-state index in [9.17, 15) is 0 Å². The van der Waals surface area contributed by atoms with Gasteiger partial charge in [-0.2, -0.15) is 0 Å². The molecule has 0 aliphatic heterocycles. The van der Waals surface area contributed by atoms with E-state index in [0.29, 0.717) is 6.54 Å². The zero-order valence-corrected chi connectivity index (χ0v) is 22.1. The Morgan fingerprint density at radius 2 is 1.79 bits per heavy atom. The summed E-state index contributed by atoms with van der Waals surface area (Å²) >= 11 is 0. The normalized spacial score (nSPS) is 10.5. The fourth-order valence-corrected chi connectivity index (χ4v) is 2.38. The lowest BCUT2D eigenvalue weighted by atomic mass is 10.1. The average molecular weight is 455 g/mol. The number of hydrogen-bond donors (Lipinski definition) is 4. The summed E-state index contributed by atoms with van der Waals surface area (Å²) < 4.78 is 0. The van der Waals surface area contributed by atoms with E-state index >= 15 is 0 Å². The van der Waals surface area contributed by atoms with Crippen LogP contribution in [0.1, 0.15) is 59.4 Å². The summed E-state index contributed by atoms with van der Waals surface area (Å²) in [4.78, 5) is 0. The molecule has 0 spiro atoms. The molecule has 0 atom stereocenters. The second-order valence-electron chi connectivity index (χ2n) is 6.85. The van der Waals surface area contributed by atoms with Crippen molar-refractivity contribution in [2.24, 2.45) is 5.73 Å². The van der Waals surface area contributed by atoms with Crippen molar-refractivity contribution >= 4 is 5.69 Å². The highest BCUT2D eigenvalue weighted by Gasteiger charge is 1.93. The maximum atomic E-state index is 5.63. The van der Waals surface area contributed by atoms with Gasteiger partial charge in [0.15, 0.2) is 0 Å². The largest absolute Gasteiger partial charge is 0.399 e. The summed E-state index contributed by atoms with van der Waals surface area (Å²) in [5, 5.41) is 6.50. The Hall–Kier alpha value is -2.74. The molecule has 0 amide bonds. The van der Waals surface area contributed by atoms with Gasteiger partial charge in [0.05, 0.1) is 0 Å². The van der Waals surface area contributed by atoms with Gasteiger partial charge in [-0.3, -0.25) is 0 Å². The highest BCUT2D eigenvalue weighted by Crippen LogP contribution is 2.06. The lowest BCUT2D eigenvalue weighted by molar-refractivity contribution is 0.777. The molecule has 0 aromatic heterocycles. The van der Waals surface area contributed by atoms with E-state index in [1.54, 1.807) is 13.0 Å². The molecule has 4 heteroatoms. The van der Waals surface area contributed by atoms with Gasteiger partial charge in [0.25, 0.3) is 0 Å². The van der Waals surface area contributed by atoms with E-state index in [1.165, 1.54) is 23.3 Å². The standard InChI is InChI=1S/C14H22N2.C10H18N2.C3H4.C2H6/c1-3-4-5-12(2)16-11-10-13-6-8-14(15)9-7-13;1-3-5-10(6-4-8-11)7-9-12-2;1-3-2;1-2/h5-9,16H,3-4,10-11,15H2,1-2H3;3-6,12H,1,7-9,11H2,2H3;1H,2H3;1-2H3/b;6-4-,10-5+;;. The Morgan fingerprint density at radius 1 is 1.18 bits per heavy atom. The molecule has 0 saturated heterocycles. The molecule has 0 unspecified atom stereocenters. The first-order valence-corrected chi connectivity index (χ1v) is 11.9. The fourth-order valence-electron chi connectivity index (χ4n) is 2.38. The molecule has 0 fully saturated rings. The van der Waals surface area contributed by atoms with E-state index in [2.05, 4.69) is 61.6 Å². The Balaban J connectivity index is -0.000000469. The number of hydrogen-bond acceptors (Lipinski definition) is 4. The van der Waals surface area contributed by atoms with Crippen molar-refractivity contribution in [3.8, 4) is 12.3 Å². The van der Waals surface area contributed by atoms with Crippen molar-refractivity contribution in [2.75, 3.05) is 32.4 Å². The number of anilines is 1. The molecule has 33 heavy (non-hydrogen) atoms. The number of nitrogen functional groups attached to an aromatic ring is 1. The smallest absolute Gasteiger partial charge is 0.0314 e. The van der Waals surface area contributed by atoms with Crippen molar-refractivity contribution < 1.29 is 0 Å². The van der Waals surface area contributed by atoms with Gasteiger partial charge >= 0.3 is 0 Å². The highest BCUT2D eigenvalue weighted by molar-refractivity contribution is 5.39. The number of nitrogens with one attached hydrogen (secondary N) is 2. The molecule has 1 rings (SSSR count). The third-order valence-electron chi connectivity index (χ3n) is 4.00. The second kappa shape index (κ2) is 29.3. The third kappa shape index (κ3) is 27.2. The van der Waals surface area contributed by atoms with Crippen molar-refractivity contribution in [3.63, 3.8) is 0 Å². The van der Waals surface area contributed by atoms with Gasteiger partial charge in [0.1, 0.15) is 0 Å².